The summed E-state index contributed by atoms with van der Waals surface area (Å²) in [4.78, 5) is 7.67. The fourth-order valence-electron chi connectivity index (χ4n) is 1.80. The monoisotopic (exact) mass is 269 g/mol. The number of benzene rings is 1. The molecule has 0 amide bonds. The van der Waals surface area contributed by atoms with Crippen LogP contribution in [0.2, 0.25) is 0 Å². The van der Waals surface area contributed by atoms with Crippen LogP contribution in [0.15, 0.2) is 48.1 Å². The van der Waals surface area contributed by atoms with E-state index < -0.39 is 0 Å². The van der Waals surface area contributed by atoms with E-state index in [2.05, 4.69) is 21.9 Å². The minimum Gasteiger partial charge on any atom is -0.346 e. The fraction of sp³-hybridized carbons (Fsp3) is 0.235. The third-order valence-corrected chi connectivity index (χ3v) is 2.69. The molecule has 0 atom stereocenters. The number of aryl methyl sites for hydroxylation is 1. The summed E-state index contributed by atoms with van der Waals surface area (Å²) in [6.45, 7) is 11.8. The highest BCUT2D eigenvalue weighted by atomic mass is 15.0. The maximum absolute atomic E-state index is 4.52. The maximum Gasteiger partial charge on any atom is 0.139 e. The number of aliphatic imine (C=N–C) groups is 1. The Hall–Kier alpha value is -2.29. The van der Waals surface area contributed by atoms with Crippen LogP contribution >= 0.6 is 0 Å². The van der Waals surface area contributed by atoms with Gasteiger partial charge < -0.3 is 10.3 Å². The molecule has 2 rings (SSSR count). The van der Waals surface area contributed by atoms with Gasteiger partial charge in [-0.1, -0.05) is 44.7 Å². The van der Waals surface area contributed by atoms with Crippen LogP contribution in [0.3, 0.4) is 0 Å². The average molecular weight is 269 g/mol. The van der Waals surface area contributed by atoms with Gasteiger partial charge in [-0.25, -0.2) is 4.99 Å². The molecule has 20 heavy (non-hydrogen) atoms. The number of hydrogen-bond donors (Lipinski definition) is 2. The molecule has 0 saturated carbocycles. The second-order valence-electron chi connectivity index (χ2n) is 4.13. The van der Waals surface area contributed by atoms with Crippen LogP contribution in [-0.4, -0.2) is 10.8 Å². The minimum atomic E-state index is 0.837. The summed E-state index contributed by atoms with van der Waals surface area (Å²) in [6, 6.07) is 9.98. The molecule has 0 aliphatic heterocycles. The zero-order valence-electron chi connectivity index (χ0n) is 12.7. The molecule has 0 bridgehead atoms. The normalized spacial score (nSPS) is 10.5. The Morgan fingerprint density at radius 1 is 1.25 bits per heavy atom. The Labute approximate surface area is 121 Å². The van der Waals surface area contributed by atoms with Crippen molar-refractivity contribution < 1.29 is 0 Å². The number of hydrogen-bond acceptors (Lipinski definition) is 1. The Kier molecular flexibility index (Phi) is 6.30. The zero-order chi connectivity index (χ0) is 15.0. The summed E-state index contributed by atoms with van der Waals surface area (Å²) < 4.78 is 0. The molecule has 0 unspecified atom stereocenters. The van der Waals surface area contributed by atoms with Crippen molar-refractivity contribution in [3.05, 3.63) is 54.2 Å². The van der Waals surface area contributed by atoms with E-state index in [4.69, 9.17) is 0 Å². The molecule has 2 aromatic rings. The third-order valence-electron chi connectivity index (χ3n) is 2.69. The van der Waals surface area contributed by atoms with Crippen molar-refractivity contribution in [1.29, 1.82) is 0 Å². The molecule has 0 aliphatic carbocycles. The van der Waals surface area contributed by atoms with Crippen LogP contribution in [0.5, 0.6) is 0 Å². The summed E-state index contributed by atoms with van der Waals surface area (Å²) in [7, 11) is 0. The lowest BCUT2D eigenvalue weighted by atomic mass is 10.2. The first-order chi connectivity index (χ1) is 9.70. The Balaban J connectivity index is 0.000000956. The first-order valence-electron chi connectivity index (χ1n) is 6.88. The number of aromatic nitrogens is 1. The van der Waals surface area contributed by atoms with Crippen LogP contribution in [-0.2, 0) is 0 Å². The number of amidine groups is 1. The van der Waals surface area contributed by atoms with Gasteiger partial charge in [0.15, 0.2) is 0 Å². The zero-order valence-corrected chi connectivity index (χ0v) is 12.7. The van der Waals surface area contributed by atoms with Gasteiger partial charge in [-0.3, -0.25) is 0 Å². The molecule has 0 spiro atoms. The predicted molar refractivity (Wildman–Crippen MR) is 89.8 cm³/mol. The largest absolute Gasteiger partial charge is 0.346 e. The molecule has 1 heterocycles. The highest BCUT2D eigenvalue weighted by molar-refractivity contribution is 5.95. The van der Waals surface area contributed by atoms with Gasteiger partial charge in [-0.05, 0) is 31.5 Å². The predicted octanol–water partition coefficient (Wildman–Crippen LogP) is 5.15. The van der Waals surface area contributed by atoms with Crippen molar-refractivity contribution in [2.24, 2.45) is 4.99 Å². The number of anilines is 1. The van der Waals surface area contributed by atoms with E-state index in [1.807, 2.05) is 70.3 Å². The van der Waals surface area contributed by atoms with E-state index >= 15 is 0 Å². The highest BCUT2D eigenvalue weighted by Crippen LogP contribution is 2.22. The summed E-state index contributed by atoms with van der Waals surface area (Å²) in [6.07, 6.45) is 3.76. The number of H-pyrrole nitrogens is 1. The van der Waals surface area contributed by atoms with E-state index in [0.29, 0.717) is 0 Å². The van der Waals surface area contributed by atoms with Gasteiger partial charge in [-0.2, -0.15) is 0 Å². The molecule has 0 fully saturated rings. The average Bonchev–Trinajstić information content (AvgIpc) is 2.82. The van der Waals surface area contributed by atoms with Crippen LogP contribution in [0.4, 0.5) is 11.5 Å². The Morgan fingerprint density at radius 3 is 2.50 bits per heavy atom. The lowest BCUT2D eigenvalue weighted by Crippen LogP contribution is -2.06. The van der Waals surface area contributed by atoms with Gasteiger partial charge in [-0.15, -0.1) is 0 Å². The van der Waals surface area contributed by atoms with Crippen LogP contribution in [0, 0.1) is 6.92 Å². The topological polar surface area (TPSA) is 40.2 Å². The van der Waals surface area contributed by atoms with Gasteiger partial charge in [0.1, 0.15) is 11.7 Å². The van der Waals surface area contributed by atoms with Gasteiger partial charge in [0, 0.05) is 17.4 Å². The molecular weight excluding hydrogens is 246 g/mol. The first-order valence-corrected chi connectivity index (χ1v) is 6.88. The van der Waals surface area contributed by atoms with E-state index in [9.17, 15) is 0 Å². The molecule has 106 valence electrons. The molecule has 0 aliphatic rings. The first kappa shape index (κ1) is 15.8. The number of aromatic amines is 1. The summed E-state index contributed by atoms with van der Waals surface area (Å²) in [5.41, 5.74) is 3.22. The fourth-order valence-corrected chi connectivity index (χ4v) is 1.80. The number of nitrogens with one attached hydrogen (secondary N) is 2. The van der Waals surface area contributed by atoms with Crippen molar-refractivity contribution >= 4 is 23.4 Å². The van der Waals surface area contributed by atoms with Crippen molar-refractivity contribution in [1.82, 2.24) is 4.98 Å². The van der Waals surface area contributed by atoms with Crippen LogP contribution < -0.4 is 5.32 Å². The summed E-state index contributed by atoms with van der Waals surface area (Å²) >= 11 is 0. The Bertz CT molecular complexity index is 565. The number of nitrogens with zero attached hydrogens (tertiary/aromatic N) is 1. The van der Waals surface area contributed by atoms with Crippen molar-refractivity contribution in [3.8, 4) is 0 Å². The van der Waals surface area contributed by atoms with E-state index in [1.54, 1.807) is 0 Å². The lowest BCUT2D eigenvalue weighted by molar-refractivity contribution is 1.32. The second-order valence-corrected chi connectivity index (χ2v) is 4.13. The van der Waals surface area contributed by atoms with E-state index in [1.165, 1.54) is 0 Å². The second kappa shape index (κ2) is 8.00. The third kappa shape index (κ3) is 4.12. The van der Waals surface area contributed by atoms with Crippen LogP contribution in [0.1, 0.15) is 31.9 Å². The van der Waals surface area contributed by atoms with Crippen LogP contribution in [0.25, 0.3) is 6.08 Å². The van der Waals surface area contributed by atoms with Crippen molar-refractivity contribution in [2.75, 3.05) is 5.32 Å². The molecule has 3 nitrogen and oxygen atoms in total. The standard InChI is InChI=1S/C15H17N3.C2H6/c1-4-14-11(2)10-16-15(14)18-12(3)17-13-8-6-5-7-9-13;1-2/h4-10,16H,1H2,2-3H3,(H,17,18);1-2H3. The van der Waals surface area contributed by atoms with Gasteiger partial charge in [0.25, 0.3) is 0 Å². The minimum absolute atomic E-state index is 0.837. The highest BCUT2D eigenvalue weighted by Gasteiger charge is 2.04. The quantitative estimate of drug-likeness (QED) is 0.586. The smallest absolute Gasteiger partial charge is 0.139 e. The maximum atomic E-state index is 4.52. The van der Waals surface area contributed by atoms with E-state index in [-0.39, 0.29) is 0 Å². The van der Waals surface area contributed by atoms with E-state index in [0.717, 1.165) is 28.5 Å². The molecule has 1 aromatic carbocycles. The Morgan fingerprint density at radius 2 is 1.90 bits per heavy atom. The molecule has 2 N–H and O–H groups in total. The van der Waals surface area contributed by atoms with Crippen molar-refractivity contribution in [2.45, 2.75) is 27.7 Å². The summed E-state index contributed by atoms with van der Waals surface area (Å²) in [5, 5.41) is 3.25. The van der Waals surface area contributed by atoms with Gasteiger partial charge >= 0.3 is 0 Å². The number of para-hydroxylation sites is 1. The molecular formula is C17H23N3. The number of rotatable bonds is 3. The molecule has 1 aromatic heterocycles. The molecule has 0 radical (unpaired) electrons. The van der Waals surface area contributed by atoms with Gasteiger partial charge in [0.2, 0.25) is 0 Å². The summed E-state index contributed by atoms with van der Waals surface area (Å²) in [5.74, 6) is 1.68. The van der Waals surface area contributed by atoms with Crippen molar-refractivity contribution in [3.63, 3.8) is 0 Å². The molecule has 3 heteroatoms. The van der Waals surface area contributed by atoms with Gasteiger partial charge in [0.05, 0.1) is 0 Å². The molecule has 0 saturated heterocycles. The SMILES string of the molecule is C=Cc1c(C)c[nH]c1/N=C(\C)Nc1ccccc1.CC. The lowest BCUT2D eigenvalue weighted by Gasteiger charge is -2.05.